The molecule has 0 aliphatic heterocycles. The lowest BCUT2D eigenvalue weighted by Gasteiger charge is -2.32. The molecule has 0 aliphatic rings. The Bertz CT molecular complexity index is 1280. The van der Waals surface area contributed by atoms with Gasteiger partial charge < -0.3 is 29.5 Å². The fourth-order valence-electron chi connectivity index (χ4n) is 4.52. The van der Waals surface area contributed by atoms with Crippen molar-refractivity contribution in [2.75, 3.05) is 6.54 Å². The van der Waals surface area contributed by atoms with Crippen LogP contribution in [0.15, 0.2) is 91.0 Å². The Hall–Kier alpha value is -3.49. The monoisotopic (exact) mass is 624 g/mol. The molecule has 0 fully saturated rings. The van der Waals surface area contributed by atoms with E-state index < -0.39 is 37.6 Å². The molecular formula is C34H45N2O7P. The maximum Gasteiger partial charge on any atom is 0.407 e. The molecule has 9 nitrogen and oxygen atoms in total. The van der Waals surface area contributed by atoms with Crippen molar-refractivity contribution in [3.8, 4) is 0 Å². The van der Waals surface area contributed by atoms with Crippen LogP contribution in [0.25, 0.3) is 0 Å². The minimum absolute atomic E-state index is 0.00588. The van der Waals surface area contributed by atoms with Gasteiger partial charge in [-0.25, -0.2) is 4.79 Å². The molecule has 3 N–H and O–H groups in total. The Balaban J connectivity index is 1.73. The zero-order valence-electron chi connectivity index (χ0n) is 25.9. The van der Waals surface area contributed by atoms with Crippen molar-refractivity contribution in [3.63, 3.8) is 0 Å². The molecule has 0 bridgehead atoms. The smallest absolute Gasteiger partial charge is 0.407 e. The summed E-state index contributed by atoms with van der Waals surface area (Å²) in [5, 5.41) is 17.0. The van der Waals surface area contributed by atoms with Gasteiger partial charge in [0.2, 0.25) is 0 Å². The van der Waals surface area contributed by atoms with E-state index >= 15 is 0 Å². The van der Waals surface area contributed by atoms with E-state index in [0.29, 0.717) is 13.0 Å². The maximum absolute atomic E-state index is 14.2. The Kier molecular flexibility index (Phi) is 14.1. The Morgan fingerprint density at radius 1 is 0.773 bits per heavy atom. The summed E-state index contributed by atoms with van der Waals surface area (Å²) in [4.78, 5) is 26.1. The minimum atomic E-state index is -4.21. The first kappa shape index (κ1) is 35.0. The van der Waals surface area contributed by atoms with Crippen molar-refractivity contribution in [2.24, 2.45) is 11.8 Å². The second-order valence-electron chi connectivity index (χ2n) is 11.4. The van der Waals surface area contributed by atoms with Crippen LogP contribution in [0, 0.1) is 11.8 Å². The molecule has 3 aromatic rings. The van der Waals surface area contributed by atoms with E-state index in [-0.39, 0.29) is 31.5 Å². The first-order valence-electron chi connectivity index (χ1n) is 15.0. The molecule has 0 radical (unpaired) electrons. The molecule has 0 spiro atoms. The van der Waals surface area contributed by atoms with Gasteiger partial charge in [0.05, 0.1) is 19.3 Å². The summed E-state index contributed by atoms with van der Waals surface area (Å²) in [6, 6.07) is 27.0. The number of carbonyl (C=O) groups is 2. The molecule has 3 atom stereocenters. The van der Waals surface area contributed by atoms with Gasteiger partial charge in [0.25, 0.3) is 5.91 Å². The van der Waals surface area contributed by atoms with Gasteiger partial charge in [-0.2, -0.15) is 0 Å². The highest BCUT2D eigenvalue weighted by Crippen LogP contribution is 2.55. The van der Waals surface area contributed by atoms with Crippen LogP contribution < -0.4 is 10.6 Å². The summed E-state index contributed by atoms with van der Waals surface area (Å²) in [6.45, 7) is 7.57. The number of amides is 2. The number of hydrogen-bond acceptors (Lipinski definition) is 7. The number of benzene rings is 3. The van der Waals surface area contributed by atoms with Crippen molar-refractivity contribution in [1.82, 2.24) is 10.6 Å². The first-order chi connectivity index (χ1) is 21.1. The van der Waals surface area contributed by atoms with E-state index in [0.717, 1.165) is 16.7 Å². The number of alkyl carbamates (subject to hydrolysis) is 1. The van der Waals surface area contributed by atoms with Crippen molar-refractivity contribution >= 4 is 19.6 Å². The number of rotatable bonds is 17. The topological polar surface area (TPSA) is 123 Å². The average Bonchev–Trinajstić information content (AvgIpc) is 3.02. The molecule has 0 saturated carbocycles. The molecule has 3 rings (SSSR count). The number of carbonyl (C=O) groups excluding carboxylic acids is 2. The molecule has 0 saturated heterocycles. The Morgan fingerprint density at radius 2 is 1.25 bits per heavy atom. The van der Waals surface area contributed by atoms with Crippen LogP contribution >= 0.6 is 7.60 Å². The van der Waals surface area contributed by atoms with Crippen molar-refractivity contribution in [1.29, 1.82) is 0 Å². The van der Waals surface area contributed by atoms with E-state index in [1.54, 1.807) is 13.8 Å². The van der Waals surface area contributed by atoms with Crippen LogP contribution in [0.1, 0.15) is 50.8 Å². The molecule has 238 valence electrons. The highest BCUT2D eigenvalue weighted by atomic mass is 31.2. The number of hydrogen-bond donors (Lipinski definition) is 3. The molecule has 44 heavy (non-hydrogen) atoms. The highest BCUT2D eigenvalue weighted by Gasteiger charge is 2.42. The zero-order chi connectivity index (χ0) is 32.0. The van der Waals surface area contributed by atoms with Gasteiger partial charge in [-0.15, -0.1) is 0 Å². The quantitative estimate of drug-likeness (QED) is 0.147. The molecule has 10 heteroatoms. The predicted molar refractivity (Wildman–Crippen MR) is 171 cm³/mol. The van der Waals surface area contributed by atoms with Crippen LogP contribution in [0.2, 0.25) is 0 Å². The average molecular weight is 625 g/mol. The minimum Gasteiger partial charge on any atom is -0.436 e. The number of nitrogens with one attached hydrogen (secondary N) is 2. The molecule has 0 heterocycles. The van der Waals surface area contributed by atoms with Crippen molar-refractivity contribution in [3.05, 3.63) is 108 Å². The van der Waals surface area contributed by atoms with Gasteiger partial charge >= 0.3 is 13.7 Å². The predicted octanol–water partition coefficient (Wildman–Crippen LogP) is 6.46. The second kappa shape index (κ2) is 17.7. The fourth-order valence-corrected chi connectivity index (χ4v) is 6.19. The van der Waals surface area contributed by atoms with Gasteiger partial charge in [-0.1, -0.05) is 119 Å². The number of aliphatic hydroxyl groups excluding tert-OH is 1. The third-order valence-corrected chi connectivity index (χ3v) is 8.85. The lowest BCUT2D eigenvalue weighted by Crippen LogP contribution is -2.51. The third kappa shape index (κ3) is 11.5. The largest absolute Gasteiger partial charge is 0.436 e. The molecule has 3 unspecified atom stereocenters. The lowest BCUT2D eigenvalue weighted by molar-refractivity contribution is -0.133. The molecule has 3 aromatic carbocycles. The second-order valence-corrected chi connectivity index (χ2v) is 13.6. The number of ether oxygens (including phenoxy) is 1. The van der Waals surface area contributed by atoms with Crippen molar-refractivity contribution in [2.45, 2.75) is 71.7 Å². The van der Waals surface area contributed by atoms with Gasteiger partial charge in [0.1, 0.15) is 0 Å². The first-order valence-corrected chi connectivity index (χ1v) is 16.6. The Morgan fingerprint density at radius 3 is 1.70 bits per heavy atom. The van der Waals surface area contributed by atoms with Crippen LogP contribution in [-0.2, 0) is 42.8 Å². The summed E-state index contributed by atoms with van der Waals surface area (Å²) in [5.74, 6) is -2.66. The van der Waals surface area contributed by atoms with E-state index in [1.165, 1.54) is 0 Å². The SMILES string of the molecule is CC(C)CC(NC(=O)C(OC(=O)NCCc1ccccc1)C(C)C)C(O)P(=O)(OCc1ccccc1)OCc1ccccc1. The van der Waals surface area contributed by atoms with Crippen LogP contribution in [0.4, 0.5) is 4.79 Å². The fraction of sp³-hybridized carbons (Fsp3) is 0.412. The van der Waals surface area contributed by atoms with E-state index in [1.807, 2.05) is 105 Å². The maximum atomic E-state index is 14.2. The molecule has 0 aliphatic carbocycles. The van der Waals surface area contributed by atoms with Gasteiger partial charge in [0, 0.05) is 6.54 Å². The van der Waals surface area contributed by atoms with E-state index in [9.17, 15) is 19.3 Å². The van der Waals surface area contributed by atoms with Gasteiger partial charge in [-0.3, -0.25) is 9.36 Å². The summed E-state index contributed by atoms with van der Waals surface area (Å²) in [6.07, 6.45) is -0.991. The van der Waals surface area contributed by atoms with Gasteiger partial charge in [-0.05, 0) is 41.4 Å². The van der Waals surface area contributed by atoms with Crippen LogP contribution in [0.3, 0.4) is 0 Å². The van der Waals surface area contributed by atoms with Crippen molar-refractivity contribution < 1.29 is 33.0 Å². The molecular weight excluding hydrogens is 579 g/mol. The van der Waals surface area contributed by atoms with Crippen LogP contribution in [-0.4, -0.2) is 41.6 Å². The standard InChI is InChI=1S/C34H45N2O7P/c1-25(2)22-30(36-32(37)31(26(3)4)43-34(39)35-21-20-27-14-8-5-9-15-27)33(38)44(40,41-23-28-16-10-6-11-17-28)42-24-29-18-12-7-13-19-29/h5-19,25-26,30-31,33,38H,20-24H2,1-4H3,(H,35,39)(H,36,37). The summed E-state index contributed by atoms with van der Waals surface area (Å²) < 4.78 is 31.4. The highest BCUT2D eigenvalue weighted by molar-refractivity contribution is 7.54. The summed E-state index contributed by atoms with van der Waals surface area (Å²) >= 11 is 0. The van der Waals surface area contributed by atoms with Gasteiger partial charge in [0.15, 0.2) is 11.9 Å². The Labute approximate surface area is 260 Å². The molecule has 0 aromatic heterocycles. The lowest BCUT2D eigenvalue weighted by atomic mass is 10.0. The zero-order valence-corrected chi connectivity index (χ0v) is 26.8. The van der Waals surface area contributed by atoms with Crippen LogP contribution in [0.5, 0.6) is 0 Å². The molecule has 2 amide bonds. The number of aliphatic hydroxyl groups is 1. The third-order valence-electron chi connectivity index (χ3n) is 6.87. The summed E-state index contributed by atoms with van der Waals surface area (Å²) in [7, 11) is -4.21. The van der Waals surface area contributed by atoms with E-state index in [4.69, 9.17) is 13.8 Å². The normalized spacial score (nSPS) is 13.7. The van der Waals surface area contributed by atoms with E-state index in [2.05, 4.69) is 10.6 Å². The summed E-state index contributed by atoms with van der Waals surface area (Å²) in [5.41, 5.74) is 2.56.